The Bertz CT molecular complexity index is 876. The number of aliphatic hydroxyl groups is 1. The second-order valence-corrected chi connectivity index (χ2v) is 7.82. The number of ether oxygens (including phenoxy) is 1. The summed E-state index contributed by atoms with van der Waals surface area (Å²) in [7, 11) is 0. The number of carbonyl (C=O) groups excluding carboxylic acids is 2. The number of thiophene rings is 1. The second-order valence-electron chi connectivity index (χ2n) is 6.87. The van der Waals surface area contributed by atoms with Gasteiger partial charge in [-0.2, -0.15) is 0 Å². The highest BCUT2D eigenvalue weighted by Gasteiger charge is 2.44. The van der Waals surface area contributed by atoms with E-state index in [9.17, 15) is 14.7 Å². The third kappa shape index (κ3) is 3.58. The fourth-order valence-electron chi connectivity index (χ4n) is 3.73. The van der Waals surface area contributed by atoms with Gasteiger partial charge in [0.25, 0.3) is 5.91 Å². The Morgan fingerprint density at radius 3 is 2.82 bits per heavy atom. The van der Waals surface area contributed by atoms with Crippen LogP contribution in [0.5, 0.6) is 0 Å². The van der Waals surface area contributed by atoms with Crippen LogP contribution in [0.2, 0.25) is 0 Å². The van der Waals surface area contributed by atoms with Crippen LogP contribution in [-0.2, 0) is 9.53 Å². The Labute approximate surface area is 166 Å². The zero-order chi connectivity index (χ0) is 19.5. The Hall–Kier alpha value is -2.55. The maximum atomic E-state index is 13.1. The van der Waals surface area contributed by atoms with Gasteiger partial charge in [-0.25, -0.2) is 0 Å². The molecule has 2 aliphatic rings. The van der Waals surface area contributed by atoms with Crippen LogP contribution in [0.1, 0.15) is 21.3 Å². The van der Waals surface area contributed by atoms with Crippen molar-refractivity contribution >= 4 is 23.0 Å². The molecule has 0 radical (unpaired) electrons. The first-order chi connectivity index (χ1) is 13.7. The summed E-state index contributed by atoms with van der Waals surface area (Å²) < 4.78 is 5.39. The minimum Gasteiger partial charge on any atom is -0.503 e. The number of pyridine rings is 1. The Morgan fingerprint density at radius 2 is 2.14 bits per heavy atom. The van der Waals surface area contributed by atoms with Crippen LogP contribution in [0.15, 0.2) is 53.4 Å². The lowest BCUT2D eigenvalue weighted by molar-refractivity contribution is -0.907. The fraction of sp³-hybridized carbons (Fsp3) is 0.350. The van der Waals surface area contributed by atoms with Gasteiger partial charge in [0.05, 0.1) is 42.8 Å². The number of carbonyl (C=O) groups is 2. The number of nitrogens with one attached hydrogen (secondary N) is 1. The van der Waals surface area contributed by atoms with Crippen molar-refractivity contribution in [2.45, 2.75) is 6.04 Å². The number of Topliss-reactive ketones (excluding diaryl/α,β-unsaturated/α-hetero) is 1. The average Bonchev–Trinajstić information content (AvgIpc) is 3.36. The third-order valence-electron chi connectivity index (χ3n) is 5.20. The van der Waals surface area contributed by atoms with E-state index in [0.717, 1.165) is 25.2 Å². The van der Waals surface area contributed by atoms with Gasteiger partial charge in [0.1, 0.15) is 13.1 Å². The molecule has 2 aliphatic heterocycles. The highest BCUT2D eigenvalue weighted by molar-refractivity contribution is 7.12. The summed E-state index contributed by atoms with van der Waals surface area (Å²) in [4.78, 5) is 33.5. The van der Waals surface area contributed by atoms with Crippen molar-refractivity contribution in [3.8, 4) is 0 Å². The van der Waals surface area contributed by atoms with Crippen LogP contribution in [-0.4, -0.2) is 66.1 Å². The topological polar surface area (TPSA) is 84.2 Å². The monoisotopic (exact) mass is 400 g/mol. The number of hydrogen-bond donors (Lipinski definition) is 2. The number of hydrogen-bond acceptors (Lipinski definition) is 6. The molecule has 0 aromatic carbocycles. The van der Waals surface area contributed by atoms with Crippen molar-refractivity contribution in [1.29, 1.82) is 0 Å². The smallest absolute Gasteiger partial charge is 0.290 e. The number of aromatic nitrogens is 1. The predicted octanol–water partition coefficient (Wildman–Crippen LogP) is 0.637. The van der Waals surface area contributed by atoms with E-state index in [2.05, 4.69) is 4.98 Å². The molecule has 1 fully saturated rings. The van der Waals surface area contributed by atoms with Gasteiger partial charge < -0.3 is 19.6 Å². The highest BCUT2D eigenvalue weighted by Crippen LogP contribution is 2.38. The van der Waals surface area contributed by atoms with E-state index in [1.54, 1.807) is 40.9 Å². The normalized spacial score (nSPS) is 20.8. The molecule has 0 bridgehead atoms. The number of aliphatic hydroxyl groups excluding tert-OH is 1. The molecule has 0 spiro atoms. The van der Waals surface area contributed by atoms with E-state index in [-0.39, 0.29) is 11.4 Å². The van der Waals surface area contributed by atoms with Crippen LogP contribution in [0.4, 0.5) is 0 Å². The Kier molecular flexibility index (Phi) is 5.52. The van der Waals surface area contributed by atoms with Crippen molar-refractivity contribution in [3.05, 3.63) is 63.8 Å². The van der Waals surface area contributed by atoms with E-state index < -0.39 is 17.7 Å². The zero-order valence-electron chi connectivity index (χ0n) is 15.3. The van der Waals surface area contributed by atoms with E-state index in [1.807, 2.05) is 6.07 Å². The van der Waals surface area contributed by atoms with Crippen molar-refractivity contribution in [1.82, 2.24) is 9.88 Å². The van der Waals surface area contributed by atoms with Gasteiger partial charge in [-0.3, -0.25) is 14.6 Å². The SMILES string of the molecule is O=C(C1=C(O)C(=O)N(CC[NH+]2CCOCC2)[C@H]1c1cccnc1)c1cccs1. The number of ketones is 1. The van der Waals surface area contributed by atoms with Crippen molar-refractivity contribution < 1.29 is 24.3 Å². The maximum absolute atomic E-state index is 13.1. The molecule has 8 heteroatoms. The first kappa shape index (κ1) is 18.8. The van der Waals surface area contributed by atoms with Crippen molar-refractivity contribution in [2.75, 3.05) is 39.4 Å². The molecule has 146 valence electrons. The van der Waals surface area contributed by atoms with Gasteiger partial charge >= 0.3 is 0 Å². The summed E-state index contributed by atoms with van der Waals surface area (Å²) in [6.45, 7) is 4.38. The average molecular weight is 400 g/mol. The molecule has 1 amide bonds. The Morgan fingerprint density at radius 1 is 1.32 bits per heavy atom. The van der Waals surface area contributed by atoms with Crippen molar-refractivity contribution in [2.24, 2.45) is 0 Å². The molecule has 4 rings (SSSR count). The largest absolute Gasteiger partial charge is 0.503 e. The van der Waals surface area contributed by atoms with Crippen molar-refractivity contribution in [3.63, 3.8) is 0 Å². The van der Waals surface area contributed by atoms with Gasteiger partial charge in [-0.1, -0.05) is 12.1 Å². The summed E-state index contributed by atoms with van der Waals surface area (Å²) in [6.07, 6.45) is 3.29. The number of quaternary nitrogens is 1. The molecule has 2 aromatic heterocycles. The number of rotatable bonds is 6. The van der Waals surface area contributed by atoms with Gasteiger partial charge in [-0.15, -0.1) is 11.3 Å². The van der Waals surface area contributed by atoms with Crippen LogP contribution in [0.3, 0.4) is 0 Å². The lowest BCUT2D eigenvalue weighted by atomic mass is 9.96. The summed E-state index contributed by atoms with van der Waals surface area (Å²) in [5.74, 6) is -1.26. The van der Waals surface area contributed by atoms with Crippen LogP contribution in [0, 0.1) is 0 Å². The van der Waals surface area contributed by atoms with Gasteiger partial charge in [0.15, 0.2) is 5.76 Å². The molecule has 2 aromatic rings. The summed E-state index contributed by atoms with van der Waals surface area (Å²) in [5, 5.41) is 12.4. The van der Waals surface area contributed by atoms with Crippen LogP contribution in [0.25, 0.3) is 0 Å². The minimum atomic E-state index is -0.628. The number of morpholine rings is 1. The second kappa shape index (κ2) is 8.22. The van der Waals surface area contributed by atoms with Crippen LogP contribution < -0.4 is 4.90 Å². The molecule has 1 atom stereocenters. The molecule has 0 unspecified atom stereocenters. The van der Waals surface area contributed by atoms with Gasteiger partial charge in [-0.05, 0) is 23.1 Å². The van der Waals surface area contributed by atoms with E-state index in [4.69, 9.17) is 4.74 Å². The van der Waals surface area contributed by atoms with Gasteiger partial charge in [0.2, 0.25) is 5.78 Å². The maximum Gasteiger partial charge on any atom is 0.290 e. The Balaban J connectivity index is 1.64. The van der Waals surface area contributed by atoms with Gasteiger partial charge in [0, 0.05) is 12.4 Å². The van der Waals surface area contributed by atoms with E-state index >= 15 is 0 Å². The molecule has 2 N–H and O–H groups in total. The molecule has 28 heavy (non-hydrogen) atoms. The first-order valence-corrected chi connectivity index (χ1v) is 10.2. The highest BCUT2D eigenvalue weighted by atomic mass is 32.1. The fourth-order valence-corrected chi connectivity index (χ4v) is 4.41. The lowest BCUT2D eigenvalue weighted by Gasteiger charge is -2.29. The van der Waals surface area contributed by atoms with E-state index in [0.29, 0.717) is 24.6 Å². The number of amides is 1. The summed E-state index contributed by atoms with van der Waals surface area (Å²) >= 11 is 1.30. The summed E-state index contributed by atoms with van der Waals surface area (Å²) in [6, 6.07) is 6.47. The zero-order valence-corrected chi connectivity index (χ0v) is 16.2. The third-order valence-corrected chi connectivity index (χ3v) is 6.07. The van der Waals surface area contributed by atoms with E-state index in [1.165, 1.54) is 16.2 Å². The summed E-state index contributed by atoms with van der Waals surface area (Å²) in [5.41, 5.74) is 0.856. The first-order valence-electron chi connectivity index (χ1n) is 9.30. The van der Waals surface area contributed by atoms with Crippen LogP contribution >= 0.6 is 11.3 Å². The molecule has 0 aliphatic carbocycles. The molecule has 0 saturated carbocycles. The number of nitrogens with zero attached hydrogens (tertiary/aromatic N) is 2. The standard InChI is InChI=1S/C20H21N3O4S/c24-18(15-4-2-12-28-15)16-17(14-3-1-5-21-13-14)23(20(26)19(16)25)7-6-22-8-10-27-11-9-22/h1-5,12-13,17,25H,6-11H2/p+1/t17-/m0/s1. The molecular weight excluding hydrogens is 378 g/mol. The quantitative estimate of drug-likeness (QED) is 0.695. The molecule has 4 heterocycles. The molecule has 1 saturated heterocycles. The minimum absolute atomic E-state index is 0.137. The predicted molar refractivity (Wildman–Crippen MR) is 103 cm³/mol. The molecule has 7 nitrogen and oxygen atoms in total. The molecular formula is C20H22N3O4S+. The lowest BCUT2D eigenvalue weighted by Crippen LogP contribution is -3.14.